The van der Waals surface area contributed by atoms with Gasteiger partial charge >= 0.3 is 0 Å². The zero-order valence-electron chi connectivity index (χ0n) is 12.3. The number of rotatable bonds is 7. The molecular weight excluding hydrogens is 272 g/mol. The molecule has 0 fully saturated rings. The maximum Gasteiger partial charge on any atom is 0.228 e. The van der Waals surface area contributed by atoms with E-state index in [-0.39, 0.29) is 11.9 Å². The van der Waals surface area contributed by atoms with Crippen LogP contribution in [0, 0.1) is 0 Å². The third kappa shape index (κ3) is 3.53. The quantitative estimate of drug-likeness (QED) is 0.745. The molecule has 1 aliphatic rings. The van der Waals surface area contributed by atoms with Crippen LogP contribution in [0.25, 0.3) is 0 Å². The van der Waals surface area contributed by atoms with Crippen molar-refractivity contribution >= 4 is 23.2 Å². The largest absolute Gasteiger partial charge is 0.325 e. The predicted molar refractivity (Wildman–Crippen MR) is 84.3 cm³/mol. The van der Waals surface area contributed by atoms with Crippen molar-refractivity contribution in [3.05, 3.63) is 28.3 Å². The Labute approximate surface area is 126 Å². The van der Waals surface area contributed by atoms with Gasteiger partial charge in [0, 0.05) is 16.8 Å². The van der Waals surface area contributed by atoms with E-state index < -0.39 is 0 Å². The summed E-state index contributed by atoms with van der Waals surface area (Å²) < 4.78 is 0. The summed E-state index contributed by atoms with van der Waals surface area (Å²) >= 11 is 6.41. The number of nitrogens with one attached hydrogen (secondary N) is 2. The van der Waals surface area contributed by atoms with Crippen molar-refractivity contribution in [2.75, 3.05) is 11.9 Å². The van der Waals surface area contributed by atoms with Crippen LogP contribution >= 0.6 is 11.6 Å². The molecule has 0 spiro atoms. The number of carbonyl (C=O) groups is 1. The molecule has 1 amide bonds. The summed E-state index contributed by atoms with van der Waals surface area (Å²) in [5.41, 5.74) is 3.06. The van der Waals surface area contributed by atoms with Gasteiger partial charge in [-0.3, -0.25) is 4.79 Å². The molecule has 0 radical (unpaired) electrons. The molecule has 20 heavy (non-hydrogen) atoms. The molecule has 1 aromatic carbocycles. The van der Waals surface area contributed by atoms with E-state index in [1.54, 1.807) is 0 Å². The molecule has 1 heterocycles. The Hall–Kier alpha value is -1.06. The lowest BCUT2D eigenvalue weighted by molar-refractivity contribution is -0.115. The van der Waals surface area contributed by atoms with Crippen LogP contribution in [-0.4, -0.2) is 12.5 Å². The van der Waals surface area contributed by atoms with Gasteiger partial charge in [-0.25, -0.2) is 0 Å². The van der Waals surface area contributed by atoms with Crippen molar-refractivity contribution in [2.45, 2.75) is 52.0 Å². The molecule has 1 aromatic rings. The summed E-state index contributed by atoms with van der Waals surface area (Å²) in [5.74, 6) is 0.0548. The average molecular weight is 295 g/mol. The van der Waals surface area contributed by atoms with E-state index >= 15 is 0 Å². The first-order valence-electron chi connectivity index (χ1n) is 7.51. The van der Waals surface area contributed by atoms with Gasteiger partial charge in [-0.2, -0.15) is 0 Å². The topological polar surface area (TPSA) is 41.1 Å². The molecule has 2 N–H and O–H groups in total. The van der Waals surface area contributed by atoms with Crippen LogP contribution in [0.3, 0.4) is 0 Å². The number of amides is 1. The third-order valence-electron chi connectivity index (χ3n) is 3.77. The van der Waals surface area contributed by atoms with Crippen molar-refractivity contribution < 1.29 is 4.79 Å². The van der Waals surface area contributed by atoms with E-state index in [4.69, 9.17) is 11.6 Å². The van der Waals surface area contributed by atoms with Crippen LogP contribution in [0.4, 0.5) is 5.69 Å². The Morgan fingerprint density at radius 3 is 2.85 bits per heavy atom. The molecule has 1 unspecified atom stereocenters. The number of unbranched alkanes of at least 4 members (excludes halogenated alkanes) is 2. The smallest absolute Gasteiger partial charge is 0.228 e. The summed E-state index contributed by atoms with van der Waals surface area (Å²) in [6.45, 7) is 5.24. The number of hydrogen-bond acceptors (Lipinski definition) is 2. The van der Waals surface area contributed by atoms with E-state index in [0.29, 0.717) is 6.42 Å². The van der Waals surface area contributed by atoms with Crippen molar-refractivity contribution in [1.29, 1.82) is 0 Å². The fourth-order valence-corrected chi connectivity index (χ4v) is 3.04. The molecule has 3 nitrogen and oxygen atoms in total. The van der Waals surface area contributed by atoms with Crippen LogP contribution in [0.5, 0.6) is 0 Å². The predicted octanol–water partition coefficient (Wildman–Crippen LogP) is 4.07. The molecule has 2 rings (SSSR count). The van der Waals surface area contributed by atoms with E-state index in [1.165, 1.54) is 19.3 Å². The summed E-state index contributed by atoms with van der Waals surface area (Å²) in [7, 11) is 0. The second kappa shape index (κ2) is 7.09. The van der Waals surface area contributed by atoms with Crippen molar-refractivity contribution in [3.63, 3.8) is 0 Å². The first-order valence-corrected chi connectivity index (χ1v) is 7.89. The van der Waals surface area contributed by atoms with E-state index in [0.717, 1.165) is 34.8 Å². The molecule has 0 aromatic heterocycles. The fourth-order valence-electron chi connectivity index (χ4n) is 2.75. The van der Waals surface area contributed by atoms with Crippen LogP contribution in [0.2, 0.25) is 5.02 Å². The van der Waals surface area contributed by atoms with Gasteiger partial charge < -0.3 is 10.6 Å². The maximum atomic E-state index is 11.5. The number of benzene rings is 1. The third-order valence-corrected chi connectivity index (χ3v) is 4.10. The van der Waals surface area contributed by atoms with Gasteiger partial charge in [0.05, 0.1) is 6.42 Å². The second-order valence-corrected chi connectivity index (χ2v) is 5.77. The van der Waals surface area contributed by atoms with Crippen molar-refractivity contribution in [3.8, 4) is 0 Å². The van der Waals surface area contributed by atoms with Crippen molar-refractivity contribution in [1.82, 2.24) is 5.32 Å². The van der Waals surface area contributed by atoms with Gasteiger partial charge in [0.25, 0.3) is 0 Å². The molecule has 0 bridgehead atoms. The maximum absolute atomic E-state index is 11.5. The number of hydrogen-bond donors (Lipinski definition) is 2. The van der Waals surface area contributed by atoms with Gasteiger partial charge in [0.1, 0.15) is 0 Å². The zero-order valence-corrected chi connectivity index (χ0v) is 13.0. The van der Waals surface area contributed by atoms with Gasteiger partial charge in [0.15, 0.2) is 0 Å². The zero-order chi connectivity index (χ0) is 14.5. The highest BCUT2D eigenvalue weighted by Gasteiger charge is 2.22. The van der Waals surface area contributed by atoms with Crippen LogP contribution in [0.1, 0.15) is 56.7 Å². The molecular formula is C16H23ClN2O. The van der Waals surface area contributed by atoms with Gasteiger partial charge in [-0.15, -0.1) is 0 Å². The Morgan fingerprint density at radius 2 is 2.15 bits per heavy atom. The molecule has 1 aliphatic heterocycles. The number of carbonyl (C=O) groups excluding carboxylic acids is 1. The molecule has 4 heteroatoms. The minimum Gasteiger partial charge on any atom is -0.325 e. The Kier molecular flexibility index (Phi) is 5.44. The number of halogens is 1. The second-order valence-electron chi connectivity index (χ2n) is 5.36. The molecule has 110 valence electrons. The lowest BCUT2D eigenvalue weighted by atomic mass is 9.97. The highest BCUT2D eigenvalue weighted by Crippen LogP contribution is 2.34. The summed E-state index contributed by atoms with van der Waals surface area (Å²) in [5, 5.41) is 7.10. The summed E-state index contributed by atoms with van der Waals surface area (Å²) in [6, 6.07) is 4.26. The summed E-state index contributed by atoms with van der Waals surface area (Å²) in [6.07, 6.45) is 5.20. The van der Waals surface area contributed by atoms with Gasteiger partial charge in [-0.05, 0) is 30.2 Å². The standard InChI is InChI=1S/C16H23ClN2O/c1-3-5-6-7-14(18-4-2)12-8-11-9-16(20)19-15(11)10-13(12)17/h8,10,14,18H,3-7,9H2,1-2H3,(H,19,20). The molecule has 0 aliphatic carbocycles. The fraction of sp³-hybridized carbons (Fsp3) is 0.562. The lowest BCUT2D eigenvalue weighted by Crippen LogP contribution is -2.21. The minimum atomic E-state index is 0.0548. The number of fused-ring (bicyclic) bond motifs is 1. The number of anilines is 1. The minimum absolute atomic E-state index is 0.0548. The van der Waals surface area contributed by atoms with E-state index in [9.17, 15) is 4.79 Å². The first-order chi connectivity index (χ1) is 9.65. The Bertz CT molecular complexity index is 488. The molecule has 0 saturated carbocycles. The SMILES string of the molecule is CCCCCC(NCC)c1cc2c(cc1Cl)NC(=O)C2. The lowest BCUT2D eigenvalue weighted by Gasteiger charge is -2.20. The van der Waals surface area contributed by atoms with E-state index in [2.05, 4.69) is 30.5 Å². The van der Waals surface area contributed by atoms with Crippen LogP contribution < -0.4 is 10.6 Å². The highest BCUT2D eigenvalue weighted by atomic mass is 35.5. The Morgan fingerprint density at radius 1 is 1.35 bits per heavy atom. The van der Waals surface area contributed by atoms with Crippen LogP contribution in [0.15, 0.2) is 12.1 Å². The van der Waals surface area contributed by atoms with Crippen molar-refractivity contribution in [2.24, 2.45) is 0 Å². The Balaban J connectivity index is 2.20. The normalized spacial score (nSPS) is 15.1. The van der Waals surface area contributed by atoms with Crippen LogP contribution in [-0.2, 0) is 11.2 Å². The van der Waals surface area contributed by atoms with E-state index in [1.807, 2.05) is 6.07 Å². The summed E-state index contributed by atoms with van der Waals surface area (Å²) in [4.78, 5) is 11.5. The van der Waals surface area contributed by atoms with Gasteiger partial charge in [-0.1, -0.05) is 50.8 Å². The average Bonchev–Trinajstić information content (AvgIpc) is 2.76. The molecule has 1 atom stereocenters. The molecule has 0 saturated heterocycles. The monoisotopic (exact) mass is 294 g/mol. The van der Waals surface area contributed by atoms with Gasteiger partial charge in [0.2, 0.25) is 5.91 Å². The highest BCUT2D eigenvalue weighted by molar-refractivity contribution is 6.32. The first kappa shape index (κ1) is 15.3.